The molecule has 0 aliphatic carbocycles. The second-order valence-corrected chi connectivity index (χ2v) is 6.30. The van der Waals surface area contributed by atoms with Gasteiger partial charge in [-0.1, -0.05) is 29.8 Å². The topological polar surface area (TPSA) is 88.0 Å². The molecule has 4 heteroatoms. The molecule has 0 amide bonds. The van der Waals surface area contributed by atoms with Crippen molar-refractivity contribution >= 4 is 12.2 Å². The summed E-state index contributed by atoms with van der Waals surface area (Å²) in [5.74, 6) is 0.331. The Balaban J connectivity index is 2.41. The lowest BCUT2D eigenvalue weighted by molar-refractivity contribution is 0.469. The minimum atomic E-state index is 0.134. The summed E-state index contributed by atoms with van der Waals surface area (Å²) in [4.78, 5) is 0. The van der Waals surface area contributed by atoms with Crippen LogP contribution in [0.3, 0.4) is 0 Å². The van der Waals surface area contributed by atoms with Gasteiger partial charge in [0.05, 0.1) is 11.1 Å². The SMILES string of the molecule is CC(C)=CCc1cc(C=C(C#N)C(C#N)=Cc2ccc(O)cc2)ccc1O. The fourth-order valence-corrected chi connectivity index (χ4v) is 2.42. The van der Waals surface area contributed by atoms with Gasteiger partial charge in [0.1, 0.15) is 23.6 Å². The number of phenolic OH excluding ortho intramolecular Hbond substituents is 2. The number of nitrogens with zero attached hydrogens (tertiary/aromatic N) is 2. The van der Waals surface area contributed by atoms with Crippen LogP contribution in [0.4, 0.5) is 0 Å². The van der Waals surface area contributed by atoms with Gasteiger partial charge in [-0.3, -0.25) is 0 Å². The average molecular weight is 356 g/mol. The molecule has 0 atom stereocenters. The summed E-state index contributed by atoms with van der Waals surface area (Å²) in [6.45, 7) is 3.98. The van der Waals surface area contributed by atoms with E-state index in [-0.39, 0.29) is 22.6 Å². The van der Waals surface area contributed by atoms with Crippen molar-refractivity contribution in [3.63, 3.8) is 0 Å². The molecular formula is C23H20N2O2. The molecule has 0 radical (unpaired) electrons. The van der Waals surface area contributed by atoms with Gasteiger partial charge in [0.15, 0.2) is 0 Å². The van der Waals surface area contributed by atoms with Crippen molar-refractivity contribution in [2.75, 3.05) is 0 Å². The zero-order valence-electron chi connectivity index (χ0n) is 15.3. The van der Waals surface area contributed by atoms with Gasteiger partial charge in [-0.15, -0.1) is 0 Å². The van der Waals surface area contributed by atoms with Crippen LogP contribution in [0.25, 0.3) is 12.2 Å². The fourth-order valence-electron chi connectivity index (χ4n) is 2.42. The third kappa shape index (κ3) is 5.63. The van der Waals surface area contributed by atoms with Crippen molar-refractivity contribution < 1.29 is 10.2 Å². The molecule has 2 N–H and O–H groups in total. The number of nitriles is 2. The van der Waals surface area contributed by atoms with E-state index in [1.165, 1.54) is 12.1 Å². The number of hydrogen-bond acceptors (Lipinski definition) is 4. The Morgan fingerprint density at radius 3 is 2.00 bits per heavy atom. The number of phenols is 2. The Morgan fingerprint density at radius 2 is 1.44 bits per heavy atom. The summed E-state index contributed by atoms with van der Waals surface area (Å²) >= 11 is 0. The maximum Gasteiger partial charge on any atom is 0.119 e. The third-order valence-electron chi connectivity index (χ3n) is 3.88. The second kappa shape index (κ2) is 9.08. The maximum absolute atomic E-state index is 10.0. The van der Waals surface area contributed by atoms with Crippen LogP contribution in [-0.4, -0.2) is 10.2 Å². The van der Waals surface area contributed by atoms with Gasteiger partial charge in [-0.2, -0.15) is 10.5 Å². The minimum Gasteiger partial charge on any atom is -0.508 e. The predicted molar refractivity (Wildman–Crippen MR) is 107 cm³/mol. The molecule has 2 aromatic carbocycles. The predicted octanol–water partition coefficient (Wildman–Crippen LogP) is 5.12. The summed E-state index contributed by atoms with van der Waals surface area (Å²) in [5.41, 5.74) is 3.79. The molecule has 0 unspecified atom stereocenters. The monoisotopic (exact) mass is 356 g/mol. The summed E-state index contributed by atoms with van der Waals surface area (Å²) in [5, 5.41) is 38.3. The highest BCUT2D eigenvalue weighted by Crippen LogP contribution is 2.23. The molecule has 0 aliphatic heterocycles. The van der Waals surface area contributed by atoms with Crippen molar-refractivity contribution in [2.45, 2.75) is 20.3 Å². The molecule has 27 heavy (non-hydrogen) atoms. The minimum absolute atomic E-state index is 0.134. The van der Waals surface area contributed by atoms with Crippen LogP contribution in [0.2, 0.25) is 0 Å². The van der Waals surface area contributed by atoms with Crippen molar-refractivity contribution in [3.8, 4) is 23.6 Å². The number of rotatable bonds is 5. The van der Waals surface area contributed by atoms with E-state index < -0.39 is 0 Å². The average Bonchev–Trinajstić information content (AvgIpc) is 2.66. The first-order valence-corrected chi connectivity index (χ1v) is 8.41. The second-order valence-electron chi connectivity index (χ2n) is 6.30. The van der Waals surface area contributed by atoms with Crippen LogP contribution in [0.5, 0.6) is 11.5 Å². The van der Waals surface area contributed by atoms with E-state index in [2.05, 4.69) is 12.1 Å². The van der Waals surface area contributed by atoms with E-state index in [9.17, 15) is 20.7 Å². The van der Waals surface area contributed by atoms with E-state index in [1.807, 2.05) is 26.0 Å². The summed E-state index contributed by atoms with van der Waals surface area (Å²) in [6.07, 6.45) is 5.82. The van der Waals surface area contributed by atoms with Crippen LogP contribution >= 0.6 is 0 Å². The Morgan fingerprint density at radius 1 is 0.889 bits per heavy atom. The molecule has 0 saturated carbocycles. The maximum atomic E-state index is 10.0. The zero-order valence-corrected chi connectivity index (χ0v) is 15.3. The molecule has 0 fully saturated rings. The quantitative estimate of drug-likeness (QED) is 0.442. The Hall–Kier alpha value is -3.76. The molecule has 134 valence electrons. The highest BCUT2D eigenvalue weighted by atomic mass is 16.3. The summed E-state index contributed by atoms with van der Waals surface area (Å²) in [7, 11) is 0. The molecule has 0 aromatic heterocycles. The van der Waals surface area contributed by atoms with Gasteiger partial charge in [0.2, 0.25) is 0 Å². The smallest absolute Gasteiger partial charge is 0.119 e. The van der Waals surface area contributed by atoms with Gasteiger partial charge in [-0.25, -0.2) is 0 Å². The molecule has 4 nitrogen and oxygen atoms in total. The third-order valence-corrected chi connectivity index (χ3v) is 3.88. The van der Waals surface area contributed by atoms with E-state index in [4.69, 9.17) is 0 Å². The first-order chi connectivity index (χ1) is 12.9. The van der Waals surface area contributed by atoms with Crippen molar-refractivity contribution in [3.05, 3.63) is 82.0 Å². The molecule has 0 spiro atoms. The first kappa shape index (κ1) is 19.6. The highest BCUT2D eigenvalue weighted by molar-refractivity contribution is 5.74. The van der Waals surface area contributed by atoms with E-state index in [0.717, 1.165) is 16.7 Å². The molecule has 2 rings (SSSR count). The number of allylic oxidation sites excluding steroid dienone is 4. The van der Waals surface area contributed by atoms with Crippen LogP contribution < -0.4 is 0 Å². The summed E-state index contributed by atoms with van der Waals surface area (Å²) < 4.78 is 0. The fraction of sp³-hybridized carbons (Fsp3) is 0.130. The van der Waals surface area contributed by atoms with Crippen LogP contribution in [0, 0.1) is 22.7 Å². The van der Waals surface area contributed by atoms with Crippen molar-refractivity contribution in [1.29, 1.82) is 10.5 Å². The van der Waals surface area contributed by atoms with Crippen LogP contribution in [-0.2, 0) is 6.42 Å². The lowest BCUT2D eigenvalue weighted by Gasteiger charge is -2.05. The Bertz CT molecular complexity index is 994. The van der Waals surface area contributed by atoms with Gasteiger partial charge < -0.3 is 10.2 Å². The van der Waals surface area contributed by atoms with Gasteiger partial charge in [0.25, 0.3) is 0 Å². The van der Waals surface area contributed by atoms with Crippen LogP contribution in [0.15, 0.2) is 65.3 Å². The first-order valence-electron chi connectivity index (χ1n) is 8.41. The standard InChI is InChI=1S/C23H20N2O2/c1-16(2)3-7-19-12-18(6-10-23(19)27)13-21(15-25)20(14-24)11-17-4-8-22(26)9-5-17/h3-6,8-13,26-27H,7H2,1-2H3. The number of aromatic hydroxyl groups is 2. The normalized spacial score (nSPS) is 11.4. The summed E-state index contributed by atoms with van der Waals surface area (Å²) in [6, 6.07) is 15.6. The molecule has 0 bridgehead atoms. The van der Waals surface area contributed by atoms with E-state index >= 15 is 0 Å². The molecule has 2 aromatic rings. The number of benzene rings is 2. The van der Waals surface area contributed by atoms with Gasteiger partial charge in [0, 0.05) is 0 Å². The largest absolute Gasteiger partial charge is 0.508 e. The van der Waals surface area contributed by atoms with Gasteiger partial charge >= 0.3 is 0 Å². The Labute approximate surface area is 159 Å². The van der Waals surface area contributed by atoms with Crippen molar-refractivity contribution in [1.82, 2.24) is 0 Å². The van der Waals surface area contributed by atoms with Crippen molar-refractivity contribution in [2.24, 2.45) is 0 Å². The zero-order chi connectivity index (χ0) is 19.8. The molecule has 0 aliphatic rings. The molecule has 0 heterocycles. The van der Waals surface area contributed by atoms with Gasteiger partial charge in [-0.05, 0) is 73.4 Å². The van der Waals surface area contributed by atoms with E-state index in [1.54, 1.807) is 36.4 Å². The number of hydrogen-bond donors (Lipinski definition) is 2. The lowest BCUT2D eigenvalue weighted by Crippen LogP contribution is -1.88. The molecular weight excluding hydrogens is 336 g/mol. The van der Waals surface area contributed by atoms with Crippen LogP contribution in [0.1, 0.15) is 30.5 Å². The lowest BCUT2D eigenvalue weighted by atomic mass is 10.00. The Kier molecular flexibility index (Phi) is 6.58. The highest BCUT2D eigenvalue weighted by Gasteiger charge is 2.07. The van der Waals surface area contributed by atoms with E-state index in [0.29, 0.717) is 12.0 Å². The molecule has 0 saturated heterocycles.